The highest BCUT2D eigenvalue weighted by molar-refractivity contribution is 8.00. The molecule has 112 valence electrons. The van der Waals surface area contributed by atoms with Crippen LogP contribution in [0.4, 0.5) is 4.39 Å². The van der Waals surface area contributed by atoms with Crippen LogP contribution in [0.5, 0.6) is 0 Å². The summed E-state index contributed by atoms with van der Waals surface area (Å²) in [6, 6.07) is 5.42. The zero-order valence-corrected chi connectivity index (χ0v) is 12.4. The van der Waals surface area contributed by atoms with Crippen LogP contribution in [-0.4, -0.2) is 45.5 Å². The summed E-state index contributed by atoms with van der Waals surface area (Å²) in [6.07, 6.45) is 0. The first kappa shape index (κ1) is 14.2. The smallest absolute Gasteiger partial charge is 0.285 e. The molecule has 1 saturated heterocycles. The minimum absolute atomic E-state index is 0.156. The monoisotopic (exact) mass is 310 g/mol. The molecule has 0 aromatic heterocycles. The van der Waals surface area contributed by atoms with Crippen LogP contribution < -0.4 is 0 Å². The third-order valence-corrected chi connectivity index (χ3v) is 5.03. The van der Waals surface area contributed by atoms with E-state index in [1.54, 1.807) is 6.92 Å². The van der Waals surface area contributed by atoms with Gasteiger partial charge in [0.2, 0.25) is 0 Å². The van der Waals surface area contributed by atoms with Crippen LogP contribution in [0.2, 0.25) is 0 Å². The second-order valence-electron chi connectivity index (χ2n) is 4.95. The van der Waals surface area contributed by atoms with Gasteiger partial charge in [-0.05, 0) is 24.6 Å². The van der Waals surface area contributed by atoms with Gasteiger partial charge < -0.3 is 9.64 Å². The van der Waals surface area contributed by atoms with Gasteiger partial charge >= 0.3 is 0 Å². The Morgan fingerprint density at radius 1 is 1.19 bits per heavy atom. The van der Waals surface area contributed by atoms with Crippen molar-refractivity contribution in [3.63, 3.8) is 0 Å². The molecule has 0 atom stereocenters. The van der Waals surface area contributed by atoms with Crippen molar-refractivity contribution in [2.45, 2.75) is 6.92 Å². The Kier molecular flexibility index (Phi) is 3.54. The van der Waals surface area contributed by atoms with Crippen molar-refractivity contribution in [2.75, 3.05) is 26.3 Å². The minimum atomic E-state index is -3.74. The molecule has 5 nitrogen and oxygen atoms in total. The first-order chi connectivity index (χ1) is 9.99. The molecule has 7 heteroatoms. The van der Waals surface area contributed by atoms with E-state index in [1.165, 1.54) is 24.3 Å². The SMILES string of the molecule is CC1=C(c2ccc(F)cc2)S(=O)(=O)N=C1N1CCOCC1. The first-order valence-electron chi connectivity index (χ1n) is 6.64. The molecule has 0 radical (unpaired) electrons. The van der Waals surface area contributed by atoms with E-state index >= 15 is 0 Å². The Morgan fingerprint density at radius 3 is 2.43 bits per heavy atom. The summed E-state index contributed by atoms with van der Waals surface area (Å²) in [5.74, 6) is 0.0688. The number of amidine groups is 1. The van der Waals surface area contributed by atoms with Crippen LogP contribution in [-0.2, 0) is 14.8 Å². The van der Waals surface area contributed by atoms with Gasteiger partial charge in [-0.2, -0.15) is 8.42 Å². The van der Waals surface area contributed by atoms with Gasteiger partial charge in [0.1, 0.15) is 16.6 Å². The summed E-state index contributed by atoms with van der Waals surface area (Å²) in [5.41, 5.74) is 1.06. The van der Waals surface area contributed by atoms with E-state index in [-0.39, 0.29) is 4.91 Å². The number of halogens is 1. The molecule has 1 aromatic rings. The van der Waals surface area contributed by atoms with Crippen molar-refractivity contribution in [2.24, 2.45) is 4.40 Å². The molecule has 1 fully saturated rings. The number of benzene rings is 1. The third kappa shape index (κ3) is 2.58. The molecule has 21 heavy (non-hydrogen) atoms. The van der Waals surface area contributed by atoms with Gasteiger partial charge in [0, 0.05) is 18.7 Å². The molecular weight excluding hydrogens is 295 g/mol. The second-order valence-corrected chi connectivity index (χ2v) is 6.49. The highest BCUT2D eigenvalue weighted by Gasteiger charge is 2.33. The Labute approximate surface area is 122 Å². The van der Waals surface area contributed by atoms with Crippen molar-refractivity contribution < 1.29 is 17.5 Å². The largest absolute Gasteiger partial charge is 0.378 e. The summed E-state index contributed by atoms with van der Waals surface area (Å²) in [5, 5.41) is 0. The third-order valence-electron chi connectivity index (χ3n) is 3.56. The van der Waals surface area contributed by atoms with Gasteiger partial charge in [-0.15, -0.1) is 4.40 Å². The highest BCUT2D eigenvalue weighted by Crippen LogP contribution is 2.33. The van der Waals surface area contributed by atoms with Crippen LogP contribution in [0, 0.1) is 5.82 Å². The van der Waals surface area contributed by atoms with Crippen LogP contribution in [0.25, 0.3) is 4.91 Å². The zero-order chi connectivity index (χ0) is 15.0. The van der Waals surface area contributed by atoms with Gasteiger partial charge in [0.25, 0.3) is 10.0 Å². The number of nitrogens with zero attached hydrogens (tertiary/aromatic N) is 2. The number of sulfonamides is 1. The molecule has 2 aliphatic rings. The van der Waals surface area contributed by atoms with Crippen molar-refractivity contribution >= 4 is 20.8 Å². The maximum atomic E-state index is 13.0. The predicted molar refractivity (Wildman–Crippen MR) is 77.7 cm³/mol. The minimum Gasteiger partial charge on any atom is -0.378 e. The Balaban J connectivity index is 2.03. The van der Waals surface area contributed by atoms with Crippen molar-refractivity contribution in [1.82, 2.24) is 4.90 Å². The summed E-state index contributed by atoms with van der Waals surface area (Å²) in [6.45, 7) is 4.07. The van der Waals surface area contributed by atoms with E-state index < -0.39 is 15.8 Å². The number of hydrogen-bond acceptors (Lipinski definition) is 4. The molecule has 0 unspecified atom stereocenters. The molecule has 2 aliphatic heterocycles. The average molecular weight is 310 g/mol. The fraction of sp³-hybridized carbons (Fsp3) is 0.357. The molecule has 1 aromatic carbocycles. The second kappa shape index (κ2) is 5.23. The fourth-order valence-corrected chi connectivity index (χ4v) is 4.04. The number of ether oxygens (including phenoxy) is 1. The number of hydrogen-bond donors (Lipinski definition) is 0. The Hall–Kier alpha value is -1.73. The summed E-state index contributed by atoms with van der Waals surface area (Å²) >= 11 is 0. The molecule has 3 rings (SSSR count). The molecule has 0 bridgehead atoms. The van der Waals surface area contributed by atoms with E-state index in [9.17, 15) is 12.8 Å². The Bertz CT molecular complexity index is 717. The maximum absolute atomic E-state index is 13.0. The lowest BCUT2D eigenvalue weighted by Gasteiger charge is -2.28. The fourth-order valence-electron chi connectivity index (χ4n) is 2.56. The van der Waals surface area contributed by atoms with Crippen LogP contribution in [0.3, 0.4) is 0 Å². The van der Waals surface area contributed by atoms with Crippen LogP contribution in [0.15, 0.2) is 34.2 Å². The van der Waals surface area contributed by atoms with Crippen molar-refractivity contribution in [3.8, 4) is 0 Å². The highest BCUT2D eigenvalue weighted by atomic mass is 32.2. The summed E-state index contributed by atoms with van der Waals surface area (Å²) < 4.78 is 46.8. The van der Waals surface area contributed by atoms with Crippen LogP contribution >= 0.6 is 0 Å². The molecule has 0 amide bonds. The van der Waals surface area contributed by atoms with E-state index in [2.05, 4.69) is 4.40 Å². The van der Waals surface area contributed by atoms with E-state index in [1.807, 2.05) is 4.90 Å². The van der Waals surface area contributed by atoms with Gasteiger partial charge in [0.15, 0.2) is 0 Å². The van der Waals surface area contributed by atoms with Gasteiger partial charge in [-0.1, -0.05) is 12.1 Å². The number of morpholine rings is 1. The lowest BCUT2D eigenvalue weighted by atomic mass is 10.1. The van der Waals surface area contributed by atoms with E-state index in [0.29, 0.717) is 43.3 Å². The summed E-state index contributed by atoms with van der Waals surface area (Å²) in [7, 11) is -3.74. The van der Waals surface area contributed by atoms with Crippen molar-refractivity contribution in [1.29, 1.82) is 0 Å². The van der Waals surface area contributed by atoms with Gasteiger partial charge in [-0.25, -0.2) is 4.39 Å². The first-order valence-corrected chi connectivity index (χ1v) is 8.08. The molecule has 0 N–H and O–H groups in total. The number of rotatable bonds is 1. The van der Waals surface area contributed by atoms with Gasteiger partial charge in [0.05, 0.1) is 13.2 Å². The lowest BCUT2D eigenvalue weighted by Crippen LogP contribution is -2.40. The average Bonchev–Trinajstić information content (AvgIpc) is 2.71. The van der Waals surface area contributed by atoms with E-state index in [4.69, 9.17) is 4.74 Å². The van der Waals surface area contributed by atoms with E-state index in [0.717, 1.165) is 0 Å². The topological polar surface area (TPSA) is 59.0 Å². The normalized spacial score (nSPS) is 21.6. The van der Waals surface area contributed by atoms with Crippen molar-refractivity contribution in [3.05, 3.63) is 41.2 Å². The predicted octanol–water partition coefficient (Wildman–Crippen LogP) is 1.63. The standard InChI is InChI=1S/C14H15FN2O3S/c1-10-13(11-2-4-12(15)5-3-11)21(18,19)16-14(10)17-6-8-20-9-7-17/h2-5H,6-9H2,1H3. The van der Waals surface area contributed by atoms with Crippen LogP contribution in [0.1, 0.15) is 12.5 Å². The quantitative estimate of drug-likeness (QED) is 0.791. The molecule has 0 aliphatic carbocycles. The molecule has 0 saturated carbocycles. The maximum Gasteiger partial charge on any atom is 0.285 e. The molecular formula is C14H15FN2O3S. The summed E-state index contributed by atoms with van der Waals surface area (Å²) in [4.78, 5) is 2.07. The molecule has 2 heterocycles. The lowest BCUT2D eigenvalue weighted by molar-refractivity contribution is 0.0683. The zero-order valence-electron chi connectivity index (χ0n) is 11.5. The molecule has 0 spiro atoms. The van der Waals surface area contributed by atoms with Gasteiger partial charge in [-0.3, -0.25) is 0 Å². The Morgan fingerprint density at radius 2 is 1.81 bits per heavy atom.